The number of alkyl halides is 1. The van der Waals surface area contributed by atoms with Gasteiger partial charge in [0.25, 0.3) is 0 Å². The van der Waals surface area contributed by atoms with Crippen LogP contribution in [0, 0.1) is 6.92 Å². The number of benzene rings is 1. The van der Waals surface area contributed by atoms with Crippen molar-refractivity contribution in [3.05, 3.63) is 29.6 Å². The summed E-state index contributed by atoms with van der Waals surface area (Å²) in [5, 5.41) is -0.0577. The van der Waals surface area contributed by atoms with Crippen molar-refractivity contribution in [2.45, 2.75) is 31.7 Å². The number of fused-ring (bicyclic) bond motifs is 1. The highest BCUT2D eigenvalue weighted by atomic mass is 35.5. The molecule has 1 aromatic heterocycles. The molecule has 3 nitrogen and oxygen atoms in total. The highest BCUT2D eigenvalue weighted by Gasteiger charge is 2.27. The van der Waals surface area contributed by atoms with Gasteiger partial charge in [-0.3, -0.25) is 0 Å². The Morgan fingerprint density at radius 3 is 2.84 bits per heavy atom. The van der Waals surface area contributed by atoms with Crippen LogP contribution in [-0.4, -0.2) is 34.6 Å². The molecule has 0 saturated carbocycles. The average Bonchev–Trinajstić information content (AvgIpc) is 2.93. The summed E-state index contributed by atoms with van der Waals surface area (Å²) in [6.45, 7) is 6.39. The summed E-state index contributed by atoms with van der Waals surface area (Å²) in [4.78, 5) is 7.13. The number of aromatic nitrogens is 2. The molecule has 2 atom stereocenters. The van der Waals surface area contributed by atoms with Crippen LogP contribution in [-0.2, 0) is 0 Å². The Hall–Kier alpha value is -1.06. The van der Waals surface area contributed by atoms with Crippen molar-refractivity contribution in [2.24, 2.45) is 0 Å². The SMILES string of the molecule is Cc1cccc2nc(C(C)Cl)n(C3CCN(C)C3)c12. The third kappa shape index (κ3) is 2.15. The molecule has 1 saturated heterocycles. The number of para-hydroxylation sites is 1. The fourth-order valence-electron chi connectivity index (χ4n) is 3.11. The number of halogens is 1. The van der Waals surface area contributed by atoms with E-state index in [0.717, 1.165) is 24.4 Å². The monoisotopic (exact) mass is 277 g/mol. The molecule has 1 aliphatic rings. The molecule has 1 fully saturated rings. The van der Waals surface area contributed by atoms with Gasteiger partial charge in [-0.1, -0.05) is 12.1 Å². The lowest BCUT2D eigenvalue weighted by Gasteiger charge is -2.18. The number of rotatable bonds is 2. The number of likely N-dealkylation sites (tertiary alicyclic amines) is 1. The molecule has 4 heteroatoms. The summed E-state index contributed by atoms with van der Waals surface area (Å²) in [6.07, 6.45) is 1.17. The van der Waals surface area contributed by atoms with E-state index < -0.39 is 0 Å². The van der Waals surface area contributed by atoms with Gasteiger partial charge in [-0.25, -0.2) is 4.98 Å². The number of imidazole rings is 1. The molecule has 2 unspecified atom stereocenters. The van der Waals surface area contributed by atoms with E-state index in [1.807, 2.05) is 6.92 Å². The lowest BCUT2D eigenvalue weighted by atomic mass is 10.1. The maximum atomic E-state index is 6.35. The van der Waals surface area contributed by atoms with Crippen molar-refractivity contribution in [3.8, 4) is 0 Å². The normalized spacial score (nSPS) is 22.2. The Kier molecular flexibility index (Phi) is 3.27. The van der Waals surface area contributed by atoms with Gasteiger partial charge in [0.15, 0.2) is 0 Å². The summed E-state index contributed by atoms with van der Waals surface area (Å²) in [5.41, 5.74) is 3.60. The molecule has 0 radical (unpaired) electrons. The van der Waals surface area contributed by atoms with Crippen LogP contribution in [0.15, 0.2) is 18.2 Å². The highest BCUT2D eigenvalue weighted by Crippen LogP contribution is 2.33. The molecule has 102 valence electrons. The van der Waals surface area contributed by atoms with Gasteiger partial charge in [0.1, 0.15) is 5.82 Å². The predicted octanol–water partition coefficient (Wildman–Crippen LogP) is 3.52. The molecular weight excluding hydrogens is 258 g/mol. The van der Waals surface area contributed by atoms with Crippen LogP contribution in [0.5, 0.6) is 0 Å². The third-order valence-corrected chi connectivity index (χ3v) is 4.22. The minimum atomic E-state index is -0.0577. The molecule has 0 spiro atoms. The topological polar surface area (TPSA) is 21.1 Å². The van der Waals surface area contributed by atoms with Gasteiger partial charge in [-0.05, 0) is 45.5 Å². The van der Waals surface area contributed by atoms with E-state index in [9.17, 15) is 0 Å². The smallest absolute Gasteiger partial charge is 0.128 e. The first-order valence-electron chi connectivity index (χ1n) is 6.88. The number of nitrogens with zero attached hydrogens (tertiary/aromatic N) is 3. The average molecular weight is 278 g/mol. The molecule has 0 N–H and O–H groups in total. The summed E-state index contributed by atoms with van der Waals surface area (Å²) in [7, 11) is 2.18. The van der Waals surface area contributed by atoms with E-state index >= 15 is 0 Å². The van der Waals surface area contributed by atoms with E-state index in [4.69, 9.17) is 16.6 Å². The molecule has 19 heavy (non-hydrogen) atoms. The summed E-state index contributed by atoms with van der Waals surface area (Å²) in [6, 6.07) is 6.80. The largest absolute Gasteiger partial charge is 0.322 e. The van der Waals surface area contributed by atoms with Crippen molar-refractivity contribution < 1.29 is 0 Å². The Balaban J connectivity index is 2.21. The molecular formula is C15H20ClN3. The Bertz CT molecular complexity index is 603. The van der Waals surface area contributed by atoms with Crippen LogP contribution >= 0.6 is 11.6 Å². The predicted molar refractivity (Wildman–Crippen MR) is 79.9 cm³/mol. The summed E-state index contributed by atoms with van der Waals surface area (Å²) >= 11 is 6.35. The van der Waals surface area contributed by atoms with Crippen molar-refractivity contribution in [1.29, 1.82) is 0 Å². The van der Waals surface area contributed by atoms with Crippen LogP contribution in [0.4, 0.5) is 0 Å². The lowest BCUT2D eigenvalue weighted by Crippen LogP contribution is -2.18. The van der Waals surface area contributed by atoms with E-state index in [0.29, 0.717) is 6.04 Å². The molecule has 0 bridgehead atoms. The minimum absolute atomic E-state index is 0.0577. The van der Waals surface area contributed by atoms with Crippen LogP contribution in [0.1, 0.15) is 36.2 Å². The fraction of sp³-hybridized carbons (Fsp3) is 0.533. The van der Waals surface area contributed by atoms with Gasteiger partial charge in [-0.2, -0.15) is 0 Å². The van der Waals surface area contributed by atoms with Crippen molar-refractivity contribution in [2.75, 3.05) is 20.1 Å². The van der Waals surface area contributed by atoms with Crippen molar-refractivity contribution in [1.82, 2.24) is 14.5 Å². The molecule has 0 amide bonds. The number of hydrogen-bond acceptors (Lipinski definition) is 2. The van der Waals surface area contributed by atoms with E-state index in [1.165, 1.54) is 17.5 Å². The van der Waals surface area contributed by atoms with Crippen LogP contribution in [0.2, 0.25) is 0 Å². The molecule has 3 rings (SSSR count). The Morgan fingerprint density at radius 2 is 2.21 bits per heavy atom. The van der Waals surface area contributed by atoms with Gasteiger partial charge in [0, 0.05) is 12.6 Å². The number of likely N-dealkylation sites (N-methyl/N-ethyl adjacent to an activating group) is 1. The maximum absolute atomic E-state index is 6.35. The molecule has 1 aliphatic heterocycles. The lowest BCUT2D eigenvalue weighted by molar-refractivity contribution is 0.392. The standard InChI is InChI=1S/C15H20ClN3/c1-10-5-4-6-13-14(10)19(15(17-13)11(2)16)12-7-8-18(3)9-12/h4-6,11-12H,7-9H2,1-3H3. The molecule has 2 aromatic rings. The van der Waals surface area contributed by atoms with Gasteiger partial charge < -0.3 is 9.47 Å². The van der Waals surface area contributed by atoms with E-state index in [2.05, 4.69) is 41.6 Å². The number of hydrogen-bond donors (Lipinski definition) is 0. The Morgan fingerprint density at radius 1 is 1.42 bits per heavy atom. The van der Waals surface area contributed by atoms with E-state index in [1.54, 1.807) is 0 Å². The molecule has 0 aliphatic carbocycles. The maximum Gasteiger partial charge on any atom is 0.128 e. The van der Waals surface area contributed by atoms with E-state index in [-0.39, 0.29) is 5.38 Å². The van der Waals surface area contributed by atoms with Crippen LogP contribution in [0.3, 0.4) is 0 Å². The number of aryl methyl sites for hydroxylation is 1. The van der Waals surface area contributed by atoms with Crippen LogP contribution < -0.4 is 0 Å². The third-order valence-electron chi connectivity index (χ3n) is 4.03. The minimum Gasteiger partial charge on any atom is -0.322 e. The van der Waals surface area contributed by atoms with Crippen LogP contribution in [0.25, 0.3) is 11.0 Å². The molecule has 2 heterocycles. The first-order valence-corrected chi connectivity index (χ1v) is 7.31. The molecule has 1 aromatic carbocycles. The summed E-state index contributed by atoms with van der Waals surface area (Å²) in [5.74, 6) is 1.01. The zero-order valence-corrected chi connectivity index (χ0v) is 12.5. The second-order valence-electron chi connectivity index (χ2n) is 5.60. The fourth-order valence-corrected chi connectivity index (χ4v) is 3.27. The van der Waals surface area contributed by atoms with Gasteiger partial charge >= 0.3 is 0 Å². The first kappa shape index (κ1) is 12.9. The highest BCUT2D eigenvalue weighted by molar-refractivity contribution is 6.20. The van der Waals surface area contributed by atoms with Crippen molar-refractivity contribution in [3.63, 3.8) is 0 Å². The Labute approximate surface area is 119 Å². The van der Waals surface area contributed by atoms with Crippen molar-refractivity contribution >= 4 is 22.6 Å². The zero-order chi connectivity index (χ0) is 13.6. The quantitative estimate of drug-likeness (QED) is 0.783. The van der Waals surface area contributed by atoms with Gasteiger partial charge in [-0.15, -0.1) is 11.6 Å². The summed E-state index contributed by atoms with van der Waals surface area (Å²) < 4.78 is 2.38. The first-order chi connectivity index (χ1) is 9.08. The van der Waals surface area contributed by atoms with Gasteiger partial charge in [0.05, 0.1) is 16.4 Å². The zero-order valence-electron chi connectivity index (χ0n) is 11.7. The second kappa shape index (κ2) is 4.80. The second-order valence-corrected chi connectivity index (χ2v) is 6.26. The van der Waals surface area contributed by atoms with Gasteiger partial charge in [0.2, 0.25) is 0 Å².